The van der Waals surface area contributed by atoms with Gasteiger partial charge in [-0.2, -0.15) is 14.3 Å². The van der Waals surface area contributed by atoms with E-state index in [2.05, 4.69) is 10.2 Å². The van der Waals surface area contributed by atoms with Gasteiger partial charge in [0.25, 0.3) is 0 Å². The van der Waals surface area contributed by atoms with E-state index in [0.29, 0.717) is 6.10 Å². The molecule has 1 aliphatic carbocycles. The summed E-state index contributed by atoms with van der Waals surface area (Å²) in [7, 11) is 0. The molecule has 0 spiro atoms. The zero-order chi connectivity index (χ0) is 13.7. The van der Waals surface area contributed by atoms with Crippen molar-refractivity contribution in [3.63, 3.8) is 0 Å². The largest absolute Gasteiger partial charge is 0.435 e. The molecule has 0 radical (unpaired) electrons. The van der Waals surface area contributed by atoms with E-state index in [1.165, 1.54) is 25.0 Å². The molecular weight excluding hydrogens is 252 g/mol. The number of nitrogens with one attached hydrogen (secondary N) is 1. The van der Waals surface area contributed by atoms with Gasteiger partial charge >= 0.3 is 6.61 Å². The van der Waals surface area contributed by atoms with E-state index in [4.69, 9.17) is 4.84 Å². The Labute approximate surface area is 111 Å². The van der Waals surface area contributed by atoms with E-state index in [0.717, 1.165) is 18.4 Å². The standard InChI is InChI=1S/C14H19F2NO2/c1-10(17-19-13-4-2-3-5-13)11-6-8-12(9-7-11)18-14(15)16/h6-10,13-14,17H,2-5H2,1H3. The summed E-state index contributed by atoms with van der Waals surface area (Å²) in [5.41, 5.74) is 3.98. The Kier molecular flexibility index (Phi) is 5.10. The van der Waals surface area contributed by atoms with Gasteiger partial charge in [-0.25, -0.2) is 0 Å². The van der Waals surface area contributed by atoms with Crippen molar-refractivity contribution in [1.29, 1.82) is 0 Å². The first kappa shape index (κ1) is 14.2. The van der Waals surface area contributed by atoms with Gasteiger partial charge in [0.2, 0.25) is 0 Å². The van der Waals surface area contributed by atoms with Crippen LogP contribution in [0.5, 0.6) is 5.75 Å². The van der Waals surface area contributed by atoms with Crippen LogP contribution >= 0.6 is 0 Å². The van der Waals surface area contributed by atoms with Crippen molar-refractivity contribution < 1.29 is 18.4 Å². The Hall–Kier alpha value is -1.20. The molecule has 19 heavy (non-hydrogen) atoms. The second kappa shape index (κ2) is 6.82. The minimum Gasteiger partial charge on any atom is -0.435 e. The second-order valence-corrected chi connectivity index (χ2v) is 4.81. The van der Waals surface area contributed by atoms with Gasteiger partial charge in [-0.05, 0) is 37.5 Å². The molecule has 3 nitrogen and oxygen atoms in total. The van der Waals surface area contributed by atoms with Gasteiger partial charge in [0.1, 0.15) is 5.75 Å². The van der Waals surface area contributed by atoms with Crippen molar-refractivity contribution in [3.05, 3.63) is 29.8 Å². The average Bonchev–Trinajstić information content (AvgIpc) is 2.89. The van der Waals surface area contributed by atoms with Gasteiger partial charge in [-0.1, -0.05) is 25.0 Å². The van der Waals surface area contributed by atoms with E-state index in [1.54, 1.807) is 12.1 Å². The lowest BCUT2D eigenvalue weighted by Crippen LogP contribution is -2.24. The first-order chi connectivity index (χ1) is 9.15. The van der Waals surface area contributed by atoms with Gasteiger partial charge in [0.15, 0.2) is 0 Å². The number of rotatable bonds is 6. The molecule has 0 aliphatic heterocycles. The van der Waals surface area contributed by atoms with Crippen LogP contribution in [0.3, 0.4) is 0 Å². The lowest BCUT2D eigenvalue weighted by atomic mass is 10.1. The molecule has 1 unspecified atom stereocenters. The van der Waals surface area contributed by atoms with E-state index < -0.39 is 6.61 Å². The van der Waals surface area contributed by atoms with Crippen molar-refractivity contribution in [2.24, 2.45) is 0 Å². The smallest absolute Gasteiger partial charge is 0.387 e. The zero-order valence-corrected chi connectivity index (χ0v) is 10.9. The first-order valence-electron chi connectivity index (χ1n) is 6.61. The number of hydrogen-bond acceptors (Lipinski definition) is 3. The summed E-state index contributed by atoms with van der Waals surface area (Å²) in [5, 5.41) is 0. The van der Waals surface area contributed by atoms with Crippen molar-refractivity contribution >= 4 is 0 Å². The Balaban J connectivity index is 1.82. The van der Waals surface area contributed by atoms with Crippen LogP contribution in [0.15, 0.2) is 24.3 Å². The summed E-state index contributed by atoms with van der Waals surface area (Å²) >= 11 is 0. The van der Waals surface area contributed by atoms with Gasteiger partial charge in [-0.15, -0.1) is 0 Å². The van der Waals surface area contributed by atoms with Crippen molar-refractivity contribution in [2.45, 2.75) is 51.4 Å². The molecule has 1 atom stereocenters. The topological polar surface area (TPSA) is 30.5 Å². The molecule has 2 rings (SSSR count). The first-order valence-corrected chi connectivity index (χ1v) is 6.61. The fourth-order valence-electron chi connectivity index (χ4n) is 2.21. The Morgan fingerprint density at radius 1 is 1.16 bits per heavy atom. The maximum atomic E-state index is 12.0. The van der Waals surface area contributed by atoms with Crippen LogP contribution < -0.4 is 10.2 Å². The van der Waals surface area contributed by atoms with Crippen LogP contribution in [0.1, 0.15) is 44.2 Å². The number of hydroxylamine groups is 1. The third-order valence-electron chi connectivity index (χ3n) is 3.32. The number of alkyl halides is 2. The van der Waals surface area contributed by atoms with Gasteiger partial charge < -0.3 is 4.74 Å². The highest BCUT2D eigenvalue weighted by Crippen LogP contribution is 2.22. The molecule has 1 aromatic carbocycles. The quantitative estimate of drug-likeness (QED) is 0.798. The highest BCUT2D eigenvalue weighted by atomic mass is 19.3. The average molecular weight is 271 g/mol. The van der Waals surface area contributed by atoms with Crippen molar-refractivity contribution in [2.75, 3.05) is 0 Å². The Morgan fingerprint density at radius 2 is 1.79 bits per heavy atom. The van der Waals surface area contributed by atoms with Gasteiger partial charge in [-0.3, -0.25) is 4.84 Å². The molecule has 0 amide bonds. The predicted molar refractivity (Wildman–Crippen MR) is 68.0 cm³/mol. The molecule has 1 aliphatic rings. The zero-order valence-electron chi connectivity index (χ0n) is 10.9. The Bertz CT molecular complexity index is 378. The minimum atomic E-state index is -2.79. The molecule has 1 fully saturated rings. The normalized spacial score (nSPS) is 17.9. The maximum absolute atomic E-state index is 12.0. The monoisotopic (exact) mass is 271 g/mol. The molecule has 106 valence electrons. The third kappa shape index (κ3) is 4.44. The molecule has 1 saturated carbocycles. The fourth-order valence-corrected chi connectivity index (χ4v) is 2.21. The predicted octanol–water partition coefficient (Wildman–Crippen LogP) is 3.81. The van der Waals surface area contributed by atoms with Crippen molar-refractivity contribution in [1.82, 2.24) is 5.48 Å². The van der Waals surface area contributed by atoms with Crippen molar-refractivity contribution in [3.8, 4) is 5.75 Å². The van der Waals surface area contributed by atoms with E-state index in [9.17, 15) is 8.78 Å². The molecule has 1 N–H and O–H groups in total. The molecule has 1 aromatic rings. The molecule has 5 heteroatoms. The van der Waals surface area contributed by atoms with Crippen LogP contribution in [-0.4, -0.2) is 12.7 Å². The van der Waals surface area contributed by atoms with Crippen LogP contribution in [0.2, 0.25) is 0 Å². The number of hydrogen-bond donors (Lipinski definition) is 1. The highest BCUT2D eigenvalue weighted by Gasteiger charge is 2.17. The van der Waals surface area contributed by atoms with E-state index in [1.807, 2.05) is 6.92 Å². The summed E-state index contributed by atoms with van der Waals surface area (Å²) in [4.78, 5) is 5.61. The molecule has 0 aromatic heterocycles. The van der Waals surface area contributed by atoms with Gasteiger partial charge in [0, 0.05) is 0 Å². The third-order valence-corrected chi connectivity index (χ3v) is 3.32. The number of benzene rings is 1. The Morgan fingerprint density at radius 3 is 2.37 bits per heavy atom. The lowest BCUT2D eigenvalue weighted by molar-refractivity contribution is -0.0499. The molecular formula is C14H19F2NO2. The van der Waals surface area contributed by atoms with Crippen LogP contribution in [-0.2, 0) is 4.84 Å². The SMILES string of the molecule is CC(NOC1CCCC1)c1ccc(OC(F)F)cc1. The fraction of sp³-hybridized carbons (Fsp3) is 0.571. The molecule has 0 saturated heterocycles. The van der Waals surface area contributed by atoms with Crippen LogP contribution in [0, 0.1) is 0 Å². The highest BCUT2D eigenvalue weighted by molar-refractivity contribution is 5.28. The molecule has 0 bridgehead atoms. The second-order valence-electron chi connectivity index (χ2n) is 4.81. The van der Waals surface area contributed by atoms with E-state index in [-0.39, 0.29) is 11.8 Å². The maximum Gasteiger partial charge on any atom is 0.387 e. The lowest BCUT2D eigenvalue weighted by Gasteiger charge is -2.18. The van der Waals surface area contributed by atoms with E-state index >= 15 is 0 Å². The summed E-state index contributed by atoms with van der Waals surface area (Å²) < 4.78 is 28.3. The minimum absolute atomic E-state index is 0.0150. The van der Waals surface area contributed by atoms with Gasteiger partial charge in [0.05, 0.1) is 12.1 Å². The number of ether oxygens (including phenoxy) is 1. The number of halogens is 2. The summed E-state index contributed by atoms with van der Waals surface area (Å²) in [6, 6.07) is 6.60. The summed E-state index contributed by atoms with van der Waals surface area (Å²) in [5.74, 6) is 0.169. The summed E-state index contributed by atoms with van der Waals surface area (Å²) in [6.45, 7) is -0.815. The summed E-state index contributed by atoms with van der Waals surface area (Å²) in [6.07, 6.45) is 4.94. The van der Waals surface area contributed by atoms with Crippen LogP contribution in [0.25, 0.3) is 0 Å². The molecule has 0 heterocycles. The van der Waals surface area contributed by atoms with Crippen LogP contribution in [0.4, 0.5) is 8.78 Å².